The Balaban J connectivity index is 2.22. The highest BCUT2D eigenvalue weighted by molar-refractivity contribution is 9.10. The van der Waals surface area contributed by atoms with Gasteiger partial charge in [-0.1, -0.05) is 60.1 Å². The molecule has 1 saturated heterocycles. The lowest BCUT2D eigenvalue weighted by atomic mass is 9.84. The van der Waals surface area contributed by atoms with E-state index in [1.807, 2.05) is 32.0 Å². The highest BCUT2D eigenvalue weighted by atomic mass is 79.9. The topological polar surface area (TPSA) is 38.3 Å². The number of halogens is 1. The molecule has 20 heavy (non-hydrogen) atoms. The van der Waals surface area contributed by atoms with Gasteiger partial charge in [-0.05, 0) is 24.6 Å². The van der Waals surface area contributed by atoms with E-state index in [9.17, 15) is 4.79 Å². The van der Waals surface area contributed by atoms with E-state index in [4.69, 9.17) is 4.74 Å². The molecule has 1 aromatic carbocycles. The summed E-state index contributed by atoms with van der Waals surface area (Å²) in [6.07, 6.45) is 1.64. The highest BCUT2D eigenvalue weighted by Gasteiger charge is 2.39. The van der Waals surface area contributed by atoms with E-state index in [2.05, 4.69) is 33.4 Å². The maximum atomic E-state index is 12.3. The van der Waals surface area contributed by atoms with Gasteiger partial charge in [0.25, 0.3) is 0 Å². The SMILES string of the molecule is CC(C)C(Br)C(=O)OC1(c2ccccc2)CCNCC1. The number of hydrogen-bond acceptors (Lipinski definition) is 3. The fraction of sp³-hybridized carbons (Fsp3) is 0.562. The minimum atomic E-state index is -0.482. The average Bonchev–Trinajstić information content (AvgIpc) is 2.48. The maximum Gasteiger partial charge on any atom is 0.320 e. The van der Waals surface area contributed by atoms with Crippen LogP contribution in [0.4, 0.5) is 0 Å². The second-order valence-corrected chi connectivity index (χ2v) is 6.66. The summed E-state index contributed by atoms with van der Waals surface area (Å²) in [5.74, 6) is 0.0581. The van der Waals surface area contributed by atoms with Gasteiger partial charge in [-0.15, -0.1) is 0 Å². The van der Waals surface area contributed by atoms with Crippen LogP contribution in [-0.2, 0) is 15.1 Å². The van der Waals surface area contributed by atoms with E-state index >= 15 is 0 Å². The first-order valence-electron chi connectivity index (χ1n) is 7.18. The summed E-state index contributed by atoms with van der Waals surface area (Å²) in [5, 5.41) is 3.33. The molecule has 1 aliphatic heterocycles. The molecule has 0 aromatic heterocycles. The van der Waals surface area contributed by atoms with Crippen molar-refractivity contribution in [3.63, 3.8) is 0 Å². The van der Waals surface area contributed by atoms with Gasteiger partial charge in [0.05, 0.1) is 0 Å². The summed E-state index contributed by atoms with van der Waals surface area (Å²) in [6.45, 7) is 5.77. The van der Waals surface area contributed by atoms with Gasteiger partial charge in [-0.3, -0.25) is 4.79 Å². The summed E-state index contributed by atoms with van der Waals surface area (Å²) in [6, 6.07) is 10.1. The molecular formula is C16H22BrNO2. The van der Waals surface area contributed by atoms with Crippen molar-refractivity contribution in [1.82, 2.24) is 5.32 Å². The van der Waals surface area contributed by atoms with E-state index in [0.717, 1.165) is 31.5 Å². The Kier molecular flexibility index (Phi) is 5.22. The van der Waals surface area contributed by atoms with E-state index in [1.54, 1.807) is 0 Å². The molecule has 1 atom stereocenters. The number of nitrogens with one attached hydrogen (secondary N) is 1. The molecule has 0 saturated carbocycles. The van der Waals surface area contributed by atoms with E-state index in [-0.39, 0.29) is 16.7 Å². The molecule has 1 N–H and O–H groups in total. The number of esters is 1. The van der Waals surface area contributed by atoms with Crippen molar-refractivity contribution in [2.24, 2.45) is 5.92 Å². The number of hydrogen-bond donors (Lipinski definition) is 1. The van der Waals surface area contributed by atoms with Crippen LogP contribution < -0.4 is 5.32 Å². The Bertz CT molecular complexity index is 441. The van der Waals surface area contributed by atoms with Crippen LogP contribution in [0.1, 0.15) is 32.3 Å². The number of carbonyl (C=O) groups excluding carboxylic acids is 1. The van der Waals surface area contributed by atoms with Crippen molar-refractivity contribution in [3.8, 4) is 0 Å². The monoisotopic (exact) mass is 339 g/mol. The van der Waals surface area contributed by atoms with Crippen molar-refractivity contribution in [2.45, 2.75) is 37.1 Å². The van der Waals surface area contributed by atoms with Crippen LogP contribution >= 0.6 is 15.9 Å². The highest BCUT2D eigenvalue weighted by Crippen LogP contribution is 2.36. The second kappa shape index (κ2) is 6.72. The minimum absolute atomic E-state index is 0.161. The third-order valence-electron chi connectivity index (χ3n) is 3.82. The summed E-state index contributed by atoms with van der Waals surface area (Å²) in [7, 11) is 0. The van der Waals surface area contributed by atoms with Gasteiger partial charge < -0.3 is 10.1 Å². The van der Waals surface area contributed by atoms with Crippen LogP contribution in [0, 0.1) is 5.92 Å². The van der Waals surface area contributed by atoms with E-state index < -0.39 is 5.60 Å². The zero-order valence-electron chi connectivity index (χ0n) is 12.1. The number of ether oxygens (including phenoxy) is 1. The van der Waals surface area contributed by atoms with Crippen molar-refractivity contribution < 1.29 is 9.53 Å². The first kappa shape index (κ1) is 15.5. The molecule has 0 aliphatic carbocycles. The van der Waals surface area contributed by atoms with Gasteiger partial charge in [0.1, 0.15) is 10.4 Å². The summed E-state index contributed by atoms with van der Waals surface area (Å²) in [4.78, 5) is 12.1. The van der Waals surface area contributed by atoms with Crippen LogP contribution in [0.5, 0.6) is 0 Å². The number of piperidine rings is 1. The molecule has 1 heterocycles. The van der Waals surface area contributed by atoms with Gasteiger partial charge >= 0.3 is 5.97 Å². The Morgan fingerprint density at radius 3 is 2.40 bits per heavy atom. The quantitative estimate of drug-likeness (QED) is 0.676. The minimum Gasteiger partial charge on any atom is -0.453 e. The van der Waals surface area contributed by atoms with Gasteiger partial charge in [-0.2, -0.15) is 0 Å². The molecule has 0 bridgehead atoms. The number of carbonyl (C=O) groups is 1. The number of benzene rings is 1. The molecule has 4 heteroatoms. The molecule has 1 fully saturated rings. The Labute approximate surface area is 129 Å². The lowest BCUT2D eigenvalue weighted by molar-refractivity contribution is -0.164. The Morgan fingerprint density at radius 1 is 1.25 bits per heavy atom. The largest absolute Gasteiger partial charge is 0.453 e. The Morgan fingerprint density at radius 2 is 1.85 bits per heavy atom. The molecule has 0 spiro atoms. The van der Waals surface area contributed by atoms with Crippen LogP contribution in [0.15, 0.2) is 30.3 Å². The third kappa shape index (κ3) is 3.41. The molecule has 2 rings (SSSR count). The number of alkyl halides is 1. The Hall–Kier alpha value is -0.870. The molecule has 3 nitrogen and oxygen atoms in total. The summed E-state index contributed by atoms with van der Waals surface area (Å²) in [5.41, 5.74) is 0.614. The molecule has 110 valence electrons. The van der Waals surface area contributed by atoms with Gasteiger partial charge in [0, 0.05) is 12.8 Å². The van der Waals surface area contributed by atoms with Crippen molar-refractivity contribution in [2.75, 3.05) is 13.1 Å². The number of rotatable bonds is 4. The van der Waals surface area contributed by atoms with Crippen molar-refractivity contribution in [1.29, 1.82) is 0 Å². The smallest absolute Gasteiger partial charge is 0.320 e. The standard InChI is InChI=1S/C16H22BrNO2/c1-12(2)14(17)15(19)20-16(8-10-18-11-9-16)13-6-4-3-5-7-13/h3-7,12,14,18H,8-11H2,1-2H3. The molecule has 1 aromatic rings. The molecule has 1 aliphatic rings. The third-order valence-corrected chi connectivity index (χ3v) is 5.25. The first-order valence-corrected chi connectivity index (χ1v) is 8.10. The average molecular weight is 340 g/mol. The predicted octanol–water partition coefficient (Wildman–Crippen LogP) is 3.23. The molecule has 0 amide bonds. The zero-order valence-corrected chi connectivity index (χ0v) is 13.7. The second-order valence-electron chi connectivity index (χ2n) is 5.68. The molecule has 0 radical (unpaired) electrons. The normalized spacial score (nSPS) is 19.6. The van der Waals surface area contributed by atoms with E-state index in [1.165, 1.54) is 0 Å². The van der Waals surface area contributed by atoms with Gasteiger partial charge in [0.15, 0.2) is 0 Å². The predicted molar refractivity (Wildman–Crippen MR) is 83.9 cm³/mol. The van der Waals surface area contributed by atoms with Gasteiger partial charge in [-0.25, -0.2) is 0 Å². The van der Waals surface area contributed by atoms with Crippen LogP contribution in [-0.4, -0.2) is 23.9 Å². The molecular weight excluding hydrogens is 318 g/mol. The summed E-state index contributed by atoms with van der Waals surface area (Å²) >= 11 is 3.44. The van der Waals surface area contributed by atoms with Crippen molar-refractivity contribution >= 4 is 21.9 Å². The van der Waals surface area contributed by atoms with Gasteiger partial charge in [0.2, 0.25) is 0 Å². The van der Waals surface area contributed by atoms with Crippen LogP contribution in [0.3, 0.4) is 0 Å². The zero-order chi connectivity index (χ0) is 14.6. The summed E-state index contributed by atoms with van der Waals surface area (Å²) < 4.78 is 5.96. The van der Waals surface area contributed by atoms with Crippen LogP contribution in [0.25, 0.3) is 0 Å². The van der Waals surface area contributed by atoms with E-state index in [0.29, 0.717) is 0 Å². The lowest BCUT2D eigenvalue weighted by Crippen LogP contribution is -2.44. The first-order chi connectivity index (χ1) is 9.55. The lowest BCUT2D eigenvalue weighted by Gasteiger charge is -2.38. The maximum absolute atomic E-state index is 12.3. The fourth-order valence-corrected chi connectivity index (χ4v) is 2.64. The van der Waals surface area contributed by atoms with Crippen molar-refractivity contribution in [3.05, 3.63) is 35.9 Å². The fourth-order valence-electron chi connectivity index (χ4n) is 2.54. The van der Waals surface area contributed by atoms with Crippen LogP contribution in [0.2, 0.25) is 0 Å². The molecule has 1 unspecified atom stereocenters.